The molecular formula is C27H23N3OS. The first-order valence-corrected chi connectivity index (χ1v) is 11.5. The number of nitrogens with one attached hydrogen (secondary N) is 1. The van der Waals surface area contributed by atoms with E-state index < -0.39 is 5.41 Å². The van der Waals surface area contributed by atoms with E-state index in [9.17, 15) is 4.79 Å². The number of carbonyl (C=O) groups is 1. The second-order valence-corrected chi connectivity index (χ2v) is 9.17. The normalized spacial score (nSPS) is 19.7. The summed E-state index contributed by atoms with van der Waals surface area (Å²) >= 11 is 1.33. The van der Waals surface area contributed by atoms with E-state index in [4.69, 9.17) is 0 Å². The predicted molar refractivity (Wildman–Crippen MR) is 130 cm³/mol. The number of anilines is 1. The van der Waals surface area contributed by atoms with Crippen molar-refractivity contribution in [2.75, 3.05) is 5.32 Å². The third-order valence-corrected chi connectivity index (χ3v) is 6.78. The van der Waals surface area contributed by atoms with Gasteiger partial charge in [0.1, 0.15) is 5.51 Å². The van der Waals surface area contributed by atoms with Crippen LogP contribution in [0.1, 0.15) is 40.7 Å². The van der Waals surface area contributed by atoms with Crippen molar-refractivity contribution in [3.05, 3.63) is 112 Å². The molecule has 1 heterocycles. The molecule has 2 unspecified atom stereocenters. The highest BCUT2D eigenvalue weighted by atomic mass is 32.1. The molecule has 1 aromatic heterocycles. The smallest absolute Gasteiger partial charge is 0.233 e. The Morgan fingerprint density at radius 2 is 1.72 bits per heavy atom. The molecule has 3 aromatic carbocycles. The summed E-state index contributed by atoms with van der Waals surface area (Å²) in [6.07, 6.45) is 4.93. The van der Waals surface area contributed by atoms with Crippen LogP contribution in [0.25, 0.3) is 12.2 Å². The highest BCUT2D eigenvalue weighted by molar-refractivity contribution is 7.13. The number of carbonyl (C=O) groups excluding carboxylic acids is 1. The maximum Gasteiger partial charge on any atom is 0.233 e. The van der Waals surface area contributed by atoms with Crippen LogP contribution in [-0.2, 0) is 11.2 Å². The van der Waals surface area contributed by atoms with E-state index in [0.29, 0.717) is 11.6 Å². The van der Waals surface area contributed by atoms with Gasteiger partial charge in [0, 0.05) is 5.92 Å². The molecule has 1 aliphatic carbocycles. The van der Waals surface area contributed by atoms with Crippen molar-refractivity contribution in [3.8, 4) is 0 Å². The van der Waals surface area contributed by atoms with Gasteiger partial charge < -0.3 is 5.32 Å². The lowest BCUT2D eigenvalue weighted by atomic mass is 9.73. The highest BCUT2D eigenvalue weighted by Gasteiger charge is 2.48. The highest BCUT2D eigenvalue weighted by Crippen LogP contribution is 2.51. The number of aromatic nitrogens is 2. The van der Waals surface area contributed by atoms with Crippen molar-refractivity contribution < 1.29 is 4.79 Å². The van der Waals surface area contributed by atoms with Crippen molar-refractivity contribution >= 4 is 34.5 Å². The van der Waals surface area contributed by atoms with E-state index in [1.54, 1.807) is 5.51 Å². The number of rotatable bonds is 5. The number of benzene rings is 3. The van der Waals surface area contributed by atoms with Crippen LogP contribution < -0.4 is 5.32 Å². The second kappa shape index (κ2) is 8.52. The van der Waals surface area contributed by atoms with Crippen molar-refractivity contribution in [2.45, 2.75) is 19.3 Å². The van der Waals surface area contributed by atoms with Gasteiger partial charge in [-0.2, -0.15) is 0 Å². The summed E-state index contributed by atoms with van der Waals surface area (Å²) in [5.74, 6) is -0.0719. The molecule has 4 aromatic rings. The van der Waals surface area contributed by atoms with Crippen molar-refractivity contribution in [1.82, 2.24) is 10.2 Å². The zero-order valence-electron chi connectivity index (χ0n) is 17.7. The van der Waals surface area contributed by atoms with Gasteiger partial charge >= 0.3 is 0 Å². The summed E-state index contributed by atoms with van der Waals surface area (Å²) in [5, 5.41) is 11.4. The summed E-state index contributed by atoms with van der Waals surface area (Å²) in [6.45, 7) is 2.06. The lowest BCUT2D eigenvalue weighted by Crippen LogP contribution is -2.37. The monoisotopic (exact) mass is 437 g/mol. The van der Waals surface area contributed by atoms with E-state index >= 15 is 0 Å². The lowest BCUT2D eigenvalue weighted by molar-refractivity contribution is -0.125. The van der Waals surface area contributed by atoms with Gasteiger partial charge in [-0.25, -0.2) is 0 Å². The topological polar surface area (TPSA) is 54.9 Å². The molecule has 0 spiro atoms. The van der Waals surface area contributed by atoms with E-state index in [0.717, 1.165) is 16.7 Å². The molecule has 1 N–H and O–H groups in total. The van der Waals surface area contributed by atoms with Gasteiger partial charge in [-0.15, -0.1) is 10.2 Å². The molecule has 1 amide bonds. The number of fused-ring (bicyclic) bond motifs is 1. The van der Waals surface area contributed by atoms with Gasteiger partial charge in [-0.1, -0.05) is 102 Å². The average molecular weight is 438 g/mol. The Morgan fingerprint density at radius 3 is 2.44 bits per heavy atom. The van der Waals surface area contributed by atoms with Crippen molar-refractivity contribution in [1.29, 1.82) is 0 Å². The summed E-state index contributed by atoms with van der Waals surface area (Å²) in [4.78, 5) is 13.5. The molecule has 0 saturated carbocycles. The summed E-state index contributed by atoms with van der Waals surface area (Å²) < 4.78 is 0. The number of nitrogens with zero attached hydrogens (tertiary/aromatic N) is 2. The van der Waals surface area contributed by atoms with Gasteiger partial charge in [-0.05, 0) is 41.2 Å². The first kappa shape index (κ1) is 20.3. The molecule has 32 heavy (non-hydrogen) atoms. The second-order valence-electron chi connectivity index (χ2n) is 8.34. The molecule has 5 rings (SSSR count). The van der Waals surface area contributed by atoms with Gasteiger partial charge in [-0.3, -0.25) is 4.79 Å². The zero-order valence-corrected chi connectivity index (χ0v) is 18.5. The lowest BCUT2D eigenvalue weighted by Gasteiger charge is -2.30. The minimum absolute atomic E-state index is 0.0271. The van der Waals surface area contributed by atoms with Crippen LogP contribution in [0.3, 0.4) is 0 Å². The average Bonchev–Trinajstić information content (AvgIpc) is 3.44. The Labute approximate surface area is 191 Å². The van der Waals surface area contributed by atoms with Crippen LogP contribution >= 0.6 is 11.3 Å². The molecular weight excluding hydrogens is 414 g/mol. The van der Waals surface area contributed by atoms with E-state index in [2.05, 4.69) is 77.1 Å². The first-order valence-electron chi connectivity index (χ1n) is 10.6. The fourth-order valence-electron chi connectivity index (χ4n) is 4.62. The first-order chi connectivity index (χ1) is 15.6. The quantitative estimate of drug-likeness (QED) is 0.387. The van der Waals surface area contributed by atoms with E-state index in [-0.39, 0.29) is 11.8 Å². The van der Waals surface area contributed by atoms with Crippen LogP contribution in [0.5, 0.6) is 0 Å². The van der Waals surface area contributed by atoms with Gasteiger partial charge in [0.15, 0.2) is 0 Å². The summed E-state index contributed by atoms with van der Waals surface area (Å²) in [6, 6.07) is 27.1. The molecule has 0 bridgehead atoms. The SMILES string of the molecule is CC1(C(=O)Nc2nncs2)Cc2ccc(/C=C/c3ccccc3)cc2C1c1ccccc1. The Balaban J connectivity index is 1.53. The van der Waals surface area contributed by atoms with Crippen molar-refractivity contribution in [2.24, 2.45) is 5.41 Å². The number of hydrogen-bond donors (Lipinski definition) is 1. The molecule has 0 aliphatic heterocycles. The standard InChI is InChI=1S/C27H23N3OS/c1-27(25(31)29-26-30-28-18-32-26)17-22-15-14-20(13-12-19-8-4-2-5-9-19)16-23(22)24(27)21-10-6-3-7-11-21/h2-16,18,24H,17H2,1H3,(H,29,30,31)/b13-12+. The number of amides is 1. The largest absolute Gasteiger partial charge is 0.300 e. The third kappa shape index (κ3) is 3.87. The van der Waals surface area contributed by atoms with Crippen LogP contribution in [0.15, 0.2) is 84.4 Å². The van der Waals surface area contributed by atoms with Gasteiger partial charge in [0.05, 0.1) is 5.41 Å². The maximum absolute atomic E-state index is 13.5. The molecule has 158 valence electrons. The van der Waals surface area contributed by atoms with Gasteiger partial charge in [0.25, 0.3) is 0 Å². The van der Waals surface area contributed by atoms with Gasteiger partial charge in [0.2, 0.25) is 11.0 Å². The minimum Gasteiger partial charge on any atom is -0.300 e. The third-order valence-electron chi connectivity index (χ3n) is 6.18. The zero-order chi connectivity index (χ0) is 22.0. The molecule has 2 atom stereocenters. The number of hydrogen-bond acceptors (Lipinski definition) is 4. The fraction of sp³-hybridized carbons (Fsp3) is 0.148. The predicted octanol–water partition coefficient (Wildman–Crippen LogP) is 6.04. The molecule has 4 nitrogen and oxygen atoms in total. The minimum atomic E-state index is -0.628. The summed E-state index contributed by atoms with van der Waals surface area (Å²) in [5.41, 5.74) is 6.85. The van der Waals surface area contributed by atoms with Crippen LogP contribution in [0.4, 0.5) is 5.13 Å². The Morgan fingerprint density at radius 1 is 1.00 bits per heavy atom. The Hall–Kier alpha value is -3.57. The molecule has 0 saturated heterocycles. The Bertz CT molecular complexity index is 1250. The summed E-state index contributed by atoms with van der Waals surface area (Å²) in [7, 11) is 0. The molecule has 0 radical (unpaired) electrons. The molecule has 0 fully saturated rings. The molecule has 5 heteroatoms. The Kier molecular flexibility index (Phi) is 5.41. The van der Waals surface area contributed by atoms with E-state index in [1.165, 1.54) is 22.5 Å². The van der Waals surface area contributed by atoms with Crippen LogP contribution in [0.2, 0.25) is 0 Å². The van der Waals surface area contributed by atoms with E-state index in [1.807, 2.05) is 36.4 Å². The fourth-order valence-corrected chi connectivity index (χ4v) is 5.06. The maximum atomic E-state index is 13.5. The van der Waals surface area contributed by atoms with Crippen molar-refractivity contribution in [3.63, 3.8) is 0 Å². The molecule has 1 aliphatic rings. The van der Waals surface area contributed by atoms with Crippen LogP contribution in [-0.4, -0.2) is 16.1 Å². The van der Waals surface area contributed by atoms with Crippen LogP contribution in [0, 0.1) is 5.41 Å².